The summed E-state index contributed by atoms with van der Waals surface area (Å²) in [5.41, 5.74) is 7.40. The zero-order chi connectivity index (χ0) is 16.7. The second kappa shape index (κ2) is 5.27. The molecule has 0 aliphatic heterocycles. The van der Waals surface area contributed by atoms with Crippen molar-refractivity contribution in [2.75, 3.05) is 5.73 Å². The first-order valence-corrected chi connectivity index (χ1v) is 7.33. The Hall–Kier alpha value is -3.54. The van der Waals surface area contributed by atoms with Crippen LogP contribution in [0, 0.1) is 10.1 Å². The highest BCUT2D eigenvalue weighted by molar-refractivity contribution is 5.92. The van der Waals surface area contributed by atoms with Gasteiger partial charge in [-0.15, -0.1) is 0 Å². The third-order valence-electron chi connectivity index (χ3n) is 3.93. The van der Waals surface area contributed by atoms with E-state index >= 15 is 0 Å². The van der Waals surface area contributed by atoms with E-state index in [1.165, 1.54) is 12.1 Å². The lowest BCUT2D eigenvalue weighted by molar-refractivity contribution is -0.384. The van der Waals surface area contributed by atoms with Gasteiger partial charge < -0.3 is 5.73 Å². The second-order valence-electron chi connectivity index (χ2n) is 5.45. The molecule has 3 aromatic carbocycles. The molecule has 6 heteroatoms. The fourth-order valence-electron chi connectivity index (χ4n) is 2.71. The van der Waals surface area contributed by atoms with Gasteiger partial charge in [-0.1, -0.05) is 36.4 Å². The van der Waals surface area contributed by atoms with Gasteiger partial charge in [-0.3, -0.25) is 10.1 Å². The van der Waals surface area contributed by atoms with Crippen molar-refractivity contribution >= 4 is 33.2 Å². The fourth-order valence-corrected chi connectivity index (χ4v) is 2.71. The molecule has 0 atom stereocenters. The molecule has 1 heterocycles. The molecule has 4 aromatic rings. The van der Waals surface area contributed by atoms with Crippen molar-refractivity contribution in [3.63, 3.8) is 0 Å². The van der Waals surface area contributed by atoms with E-state index in [2.05, 4.69) is 9.97 Å². The van der Waals surface area contributed by atoms with Crippen LogP contribution in [0.15, 0.2) is 60.7 Å². The predicted molar refractivity (Wildman–Crippen MR) is 93.5 cm³/mol. The minimum absolute atomic E-state index is 0.0312. The largest absolute Gasteiger partial charge is 0.383 e. The van der Waals surface area contributed by atoms with Gasteiger partial charge in [0, 0.05) is 23.1 Å². The van der Waals surface area contributed by atoms with Crippen molar-refractivity contribution in [1.29, 1.82) is 0 Å². The van der Waals surface area contributed by atoms with Crippen LogP contribution in [-0.2, 0) is 0 Å². The maximum absolute atomic E-state index is 10.9. The van der Waals surface area contributed by atoms with E-state index in [9.17, 15) is 10.1 Å². The number of hydrogen-bond acceptors (Lipinski definition) is 5. The Kier molecular flexibility index (Phi) is 3.09. The molecule has 0 spiro atoms. The van der Waals surface area contributed by atoms with Crippen LogP contribution < -0.4 is 5.73 Å². The van der Waals surface area contributed by atoms with E-state index in [0.29, 0.717) is 16.7 Å². The molecular weight excluding hydrogens is 304 g/mol. The monoisotopic (exact) mass is 316 g/mol. The Morgan fingerprint density at radius 2 is 1.71 bits per heavy atom. The molecule has 0 aliphatic rings. The van der Waals surface area contributed by atoms with E-state index in [0.717, 1.165) is 16.3 Å². The van der Waals surface area contributed by atoms with Crippen LogP contribution in [0.3, 0.4) is 0 Å². The number of nitrogen functional groups attached to an aromatic ring is 1. The third kappa shape index (κ3) is 2.30. The van der Waals surface area contributed by atoms with Crippen LogP contribution in [0.2, 0.25) is 0 Å². The van der Waals surface area contributed by atoms with Crippen molar-refractivity contribution in [2.24, 2.45) is 0 Å². The van der Waals surface area contributed by atoms with Crippen LogP contribution in [0.5, 0.6) is 0 Å². The number of hydrogen-bond donors (Lipinski definition) is 1. The highest BCUT2D eigenvalue weighted by atomic mass is 16.6. The van der Waals surface area contributed by atoms with Gasteiger partial charge in [0.25, 0.3) is 5.69 Å². The van der Waals surface area contributed by atoms with E-state index in [4.69, 9.17) is 5.73 Å². The number of aromatic nitrogens is 2. The van der Waals surface area contributed by atoms with Crippen LogP contribution in [0.25, 0.3) is 33.1 Å². The molecular formula is C18H12N4O2. The molecule has 4 rings (SSSR count). The summed E-state index contributed by atoms with van der Waals surface area (Å²) in [6.07, 6.45) is 0. The Morgan fingerprint density at radius 3 is 2.50 bits per heavy atom. The summed E-state index contributed by atoms with van der Waals surface area (Å²) in [4.78, 5) is 19.3. The SMILES string of the molecule is Nc1nc(-c2ccc3ccccc3c2)nc2ccc([N+](=O)[O-])cc12. The summed E-state index contributed by atoms with van der Waals surface area (Å²) in [7, 11) is 0. The number of nitro benzene ring substituents is 1. The van der Waals surface area contributed by atoms with Crippen molar-refractivity contribution in [3.05, 3.63) is 70.8 Å². The molecule has 0 amide bonds. The average molecular weight is 316 g/mol. The van der Waals surface area contributed by atoms with Crippen LogP contribution >= 0.6 is 0 Å². The quantitative estimate of drug-likeness (QED) is 0.446. The van der Waals surface area contributed by atoms with Gasteiger partial charge in [0.2, 0.25) is 0 Å². The van der Waals surface area contributed by atoms with Crippen molar-refractivity contribution < 1.29 is 4.92 Å². The smallest absolute Gasteiger partial charge is 0.270 e. The summed E-state index contributed by atoms with van der Waals surface area (Å²) in [6, 6.07) is 18.4. The number of nitro groups is 1. The first-order chi connectivity index (χ1) is 11.6. The number of benzene rings is 3. The standard InChI is InChI=1S/C18H12N4O2/c19-17-15-10-14(22(23)24)7-8-16(15)20-18(21-17)13-6-5-11-3-1-2-4-12(11)9-13/h1-10H,(H2,19,20,21). The van der Waals surface area contributed by atoms with Crippen molar-refractivity contribution in [2.45, 2.75) is 0 Å². The molecule has 0 saturated heterocycles. The third-order valence-corrected chi connectivity index (χ3v) is 3.93. The van der Waals surface area contributed by atoms with Crippen LogP contribution in [0.1, 0.15) is 0 Å². The lowest BCUT2D eigenvalue weighted by Crippen LogP contribution is -1.99. The van der Waals surface area contributed by atoms with Gasteiger partial charge in [0.15, 0.2) is 5.82 Å². The fraction of sp³-hybridized carbons (Fsp3) is 0. The van der Waals surface area contributed by atoms with Gasteiger partial charge in [-0.25, -0.2) is 9.97 Å². The number of nitrogens with two attached hydrogens (primary N) is 1. The van der Waals surface area contributed by atoms with E-state index in [1.807, 2.05) is 42.5 Å². The van der Waals surface area contributed by atoms with Gasteiger partial charge >= 0.3 is 0 Å². The van der Waals surface area contributed by atoms with E-state index in [-0.39, 0.29) is 11.5 Å². The Bertz CT molecular complexity index is 1110. The molecule has 0 unspecified atom stereocenters. The molecule has 1 aromatic heterocycles. The number of non-ortho nitro benzene ring substituents is 1. The molecule has 0 aliphatic carbocycles. The normalized spacial score (nSPS) is 11.0. The second-order valence-corrected chi connectivity index (χ2v) is 5.45. The molecule has 24 heavy (non-hydrogen) atoms. The minimum Gasteiger partial charge on any atom is -0.383 e. The summed E-state index contributed by atoms with van der Waals surface area (Å²) >= 11 is 0. The molecule has 6 nitrogen and oxygen atoms in total. The van der Waals surface area contributed by atoms with Gasteiger partial charge in [-0.2, -0.15) is 0 Å². The van der Waals surface area contributed by atoms with Crippen LogP contribution in [-0.4, -0.2) is 14.9 Å². The van der Waals surface area contributed by atoms with Crippen molar-refractivity contribution in [1.82, 2.24) is 9.97 Å². The van der Waals surface area contributed by atoms with E-state index in [1.54, 1.807) is 6.07 Å². The molecule has 0 saturated carbocycles. The Morgan fingerprint density at radius 1 is 0.917 bits per heavy atom. The number of fused-ring (bicyclic) bond motifs is 2. The summed E-state index contributed by atoms with van der Waals surface area (Å²) in [5.74, 6) is 0.728. The lowest BCUT2D eigenvalue weighted by atomic mass is 10.1. The zero-order valence-corrected chi connectivity index (χ0v) is 12.5. The number of nitrogens with zero attached hydrogens (tertiary/aromatic N) is 3. The average Bonchev–Trinajstić information content (AvgIpc) is 2.61. The maximum atomic E-state index is 10.9. The first-order valence-electron chi connectivity index (χ1n) is 7.33. The predicted octanol–water partition coefficient (Wildman–Crippen LogP) is 3.94. The van der Waals surface area contributed by atoms with Gasteiger partial charge in [0.1, 0.15) is 5.82 Å². The Labute approximate surface area is 136 Å². The maximum Gasteiger partial charge on any atom is 0.270 e. The molecule has 116 valence electrons. The molecule has 0 radical (unpaired) electrons. The number of rotatable bonds is 2. The van der Waals surface area contributed by atoms with E-state index < -0.39 is 4.92 Å². The highest BCUT2D eigenvalue weighted by Crippen LogP contribution is 2.28. The highest BCUT2D eigenvalue weighted by Gasteiger charge is 2.12. The number of anilines is 1. The van der Waals surface area contributed by atoms with Crippen molar-refractivity contribution in [3.8, 4) is 11.4 Å². The molecule has 2 N–H and O–H groups in total. The zero-order valence-electron chi connectivity index (χ0n) is 12.5. The minimum atomic E-state index is -0.462. The topological polar surface area (TPSA) is 94.9 Å². The Balaban J connectivity index is 1.89. The van der Waals surface area contributed by atoms with Crippen LogP contribution in [0.4, 0.5) is 11.5 Å². The van der Waals surface area contributed by atoms with Gasteiger partial charge in [-0.05, 0) is 22.9 Å². The lowest BCUT2D eigenvalue weighted by Gasteiger charge is -2.07. The first kappa shape index (κ1) is 14.1. The summed E-state index contributed by atoms with van der Waals surface area (Å²) < 4.78 is 0. The summed E-state index contributed by atoms with van der Waals surface area (Å²) in [6.45, 7) is 0. The molecule has 0 fully saturated rings. The summed E-state index contributed by atoms with van der Waals surface area (Å²) in [5, 5.41) is 13.6. The molecule has 0 bridgehead atoms. The van der Waals surface area contributed by atoms with Gasteiger partial charge in [0.05, 0.1) is 10.4 Å².